The van der Waals surface area contributed by atoms with E-state index in [4.69, 9.17) is 16.3 Å². The first-order valence-corrected chi connectivity index (χ1v) is 5.60. The van der Waals surface area contributed by atoms with Crippen molar-refractivity contribution < 1.29 is 14.6 Å². The van der Waals surface area contributed by atoms with Gasteiger partial charge >= 0.3 is 0 Å². The summed E-state index contributed by atoms with van der Waals surface area (Å²) in [5.41, 5.74) is 0.710. The normalized spacial score (nSPS) is 12.1. The summed E-state index contributed by atoms with van der Waals surface area (Å²) in [4.78, 5) is 12.8. The third kappa shape index (κ3) is 3.91. The molecule has 1 aromatic rings. The Kier molecular flexibility index (Phi) is 4.78. The first kappa shape index (κ1) is 13.8. The molecule has 1 rings (SSSR count). The highest BCUT2D eigenvalue weighted by Gasteiger charge is 2.09. The van der Waals surface area contributed by atoms with Gasteiger partial charge in [0.2, 0.25) is 0 Å². The SMILES string of the molecule is C[C@@H](O)c1ccc(OCC(=O)N(C)C)c(Cl)c1. The molecule has 0 fully saturated rings. The number of hydrogen-bond acceptors (Lipinski definition) is 3. The van der Waals surface area contributed by atoms with Crippen LogP contribution in [0.4, 0.5) is 0 Å². The van der Waals surface area contributed by atoms with Crippen molar-refractivity contribution in [3.63, 3.8) is 0 Å². The first-order chi connectivity index (χ1) is 7.91. The smallest absolute Gasteiger partial charge is 0.259 e. The summed E-state index contributed by atoms with van der Waals surface area (Å²) in [5.74, 6) is 0.298. The van der Waals surface area contributed by atoms with E-state index < -0.39 is 6.10 Å². The van der Waals surface area contributed by atoms with Gasteiger partial charge in [0.05, 0.1) is 11.1 Å². The molecular weight excluding hydrogens is 242 g/mol. The topological polar surface area (TPSA) is 49.8 Å². The van der Waals surface area contributed by atoms with Crippen LogP contribution < -0.4 is 4.74 Å². The Morgan fingerprint density at radius 1 is 1.53 bits per heavy atom. The average Bonchev–Trinajstić information content (AvgIpc) is 2.26. The summed E-state index contributed by atoms with van der Waals surface area (Å²) < 4.78 is 5.29. The molecule has 0 aliphatic rings. The summed E-state index contributed by atoms with van der Waals surface area (Å²) >= 11 is 5.98. The van der Waals surface area contributed by atoms with Crippen molar-refractivity contribution >= 4 is 17.5 Å². The number of rotatable bonds is 4. The Bertz CT molecular complexity index is 405. The predicted molar refractivity (Wildman–Crippen MR) is 66.3 cm³/mol. The number of aliphatic hydroxyl groups is 1. The maximum Gasteiger partial charge on any atom is 0.259 e. The minimum atomic E-state index is -0.579. The van der Waals surface area contributed by atoms with Crippen LogP contribution in [-0.2, 0) is 4.79 Å². The molecule has 4 nitrogen and oxygen atoms in total. The van der Waals surface area contributed by atoms with Crippen molar-refractivity contribution in [1.82, 2.24) is 4.90 Å². The number of likely N-dealkylation sites (N-methyl/N-ethyl adjacent to an activating group) is 1. The van der Waals surface area contributed by atoms with Gasteiger partial charge in [-0.3, -0.25) is 4.79 Å². The molecule has 0 bridgehead atoms. The molecule has 1 amide bonds. The number of aliphatic hydroxyl groups excluding tert-OH is 1. The van der Waals surface area contributed by atoms with Crippen LogP contribution in [0.5, 0.6) is 5.75 Å². The van der Waals surface area contributed by atoms with Crippen molar-refractivity contribution in [2.24, 2.45) is 0 Å². The van der Waals surface area contributed by atoms with Gasteiger partial charge in [0, 0.05) is 14.1 Å². The van der Waals surface area contributed by atoms with Crippen LogP contribution in [0.2, 0.25) is 5.02 Å². The van der Waals surface area contributed by atoms with E-state index in [0.29, 0.717) is 16.3 Å². The van der Waals surface area contributed by atoms with Gasteiger partial charge in [0.1, 0.15) is 5.75 Å². The van der Waals surface area contributed by atoms with Crippen molar-refractivity contribution in [2.45, 2.75) is 13.0 Å². The molecule has 1 atom stereocenters. The molecule has 0 radical (unpaired) electrons. The van der Waals surface area contributed by atoms with Gasteiger partial charge in [0.25, 0.3) is 5.91 Å². The predicted octanol–water partition coefficient (Wildman–Crippen LogP) is 1.86. The highest BCUT2D eigenvalue weighted by Crippen LogP contribution is 2.27. The molecule has 0 saturated heterocycles. The van der Waals surface area contributed by atoms with Gasteiger partial charge < -0.3 is 14.7 Å². The average molecular weight is 258 g/mol. The quantitative estimate of drug-likeness (QED) is 0.896. The van der Waals surface area contributed by atoms with E-state index >= 15 is 0 Å². The van der Waals surface area contributed by atoms with Crippen molar-refractivity contribution in [3.05, 3.63) is 28.8 Å². The van der Waals surface area contributed by atoms with Gasteiger partial charge in [-0.2, -0.15) is 0 Å². The summed E-state index contributed by atoms with van der Waals surface area (Å²) in [6.45, 7) is 1.60. The van der Waals surface area contributed by atoms with Crippen LogP contribution in [0, 0.1) is 0 Å². The van der Waals surface area contributed by atoms with Crippen molar-refractivity contribution in [1.29, 1.82) is 0 Å². The molecule has 5 heteroatoms. The molecule has 0 aliphatic carbocycles. The van der Waals surface area contributed by atoms with Gasteiger partial charge in [-0.05, 0) is 24.6 Å². The molecule has 0 saturated carbocycles. The zero-order valence-corrected chi connectivity index (χ0v) is 10.9. The monoisotopic (exact) mass is 257 g/mol. The largest absolute Gasteiger partial charge is 0.482 e. The number of ether oxygens (including phenoxy) is 1. The van der Waals surface area contributed by atoms with Gasteiger partial charge in [-0.1, -0.05) is 17.7 Å². The van der Waals surface area contributed by atoms with Crippen LogP contribution >= 0.6 is 11.6 Å². The Hall–Kier alpha value is -1.26. The van der Waals surface area contributed by atoms with Crippen molar-refractivity contribution in [2.75, 3.05) is 20.7 Å². The van der Waals surface area contributed by atoms with Crippen LogP contribution in [0.3, 0.4) is 0 Å². The van der Waals surface area contributed by atoms with E-state index in [1.54, 1.807) is 39.2 Å². The molecule has 1 N–H and O–H groups in total. The van der Waals surface area contributed by atoms with Gasteiger partial charge in [-0.25, -0.2) is 0 Å². The van der Waals surface area contributed by atoms with Crippen LogP contribution in [0.25, 0.3) is 0 Å². The Labute approximate surface area is 106 Å². The molecule has 0 unspecified atom stereocenters. The van der Waals surface area contributed by atoms with Crippen molar-refractivity contribution in [3.8, 4) is 5.75 Å². The maximum atomic E-state index is 11.3. The highest BCUT2D eigenvalue weighted by atomic mass is 35.5. The van der Waals surface area contributed by atoms with E-state index in [9.17, 15) is 9.90 Å². The lowest BCUT2D eigenvalue weighted by Gasteiger charge is -2.13. The number of benzene rings is 1. The number of carbonyl (C=O) groups excluding carboxylic acids is 1. The number of amides is 1. The number of hydrogen-bond donors (Lipinski definition) is 1. The fraction of sp³-hybridized carbons (Fsp3) is 0.417. The lowest BCUT2D eigenvalue weighted by Crippen LogP contribution is -2.27. The highest BCUT2D eigenvalue weighted by molar-refractivity contribution is 6.32. The van der Waals surface area contributed by atoms with Crippen LogP contribution in [0.15, 0.2) is 18.2 Å². The lowest BCUT2D eigenvalue weighted by atomic mass is 10.1. The number of carbonyl (C=O) groups is 1. The fourth-order valence-corrected chi connectivity index (χ4v) is 1.41. The minimum absolute atomic E-state index is 0.0548. The summed E-state index contributed by atoms with van der Waals surface area (Å²) in [6, 6.07) is 4.99. The molecule has 0 aliphatic heterocycles. The molecular formula is C12H16ClNO3. The summed E-state index contributed by atoms with van der Waals surface area (Å²) in [7, 11) is 3.31. The first-order valence-electron chi connectivity index (χ1n) is 5.22. The van der Waals surface area contributed by atoms with Crippen LogP contribution in [-0.4, -0.2) is 36.6 Å². The van der Waals surface area contributed by atoms with E-state index in [2.05, 4.69) is 0 Å². The van der Waals surface area contributed by atoms with E-state index in [-0.39, 0.29) is 12.5 Å². The summed E-state index contributed by atoms with van der Waals surface area (Å²) in [5, 5.41) is 9.75. The zero-order valence-electron chi connectivity index (χ0n) is 10.1. The third-order valence-corrected chi connectivity index (χ3v) is 2.58. The van der Waals surface area contributed by atoms with E-state index in [1.807, 2.05) is 0 Å². The summed E-state index contributed by atoms with van der Waals surface area (Å²) in [6.07, 6.45) is -0.579. The molecule has 0 spiro atoms. The molecule has 1 aromatic carbocycles. The number of halogens is 1. The second-order valence-corrected chi connectivity index (χ2v) is 4.35. The number of nitrogens with zero attached hydrogens (tertiary/aromatic N) is 1. The minimum Gasteiger partial charge on any atom is -0.482 e. The molecule has 17 heavy (non-hydrogen) atoms. The second-order valence-electron chi connectivity index (χ2n) is 3.94. The molecule has 0 aromatic heterocycles. The van der Waals surface area contributed by atoms with Gasteiger partial charge in [-0.15, -0.1) is 0 Å². The van der Waals surface area contributed by atoms with Crippen LogP contribution in [0.1, 0.15) is 18.6 Å². The lowest BCUT2D eigenvalue weighted by molar-refractivity contribution is -0.130. The second kappa shape index (κ2) is 5.89. The Balaban J connectivity index is 2.70. The fourth-order valence-electron chi connectivity index (χ4n) is 1.16. The Morgan fingerprint density at radius 3 is 2.65 bits per heavy atom. The molecule has 94 valence electrons. The standard InChI is InChI=1S/C12H16ClNO3/c1-8(15)9-4-5-11(10(13)6-9)17-7-12(16)14(2)3/h4-6,8,15H,7H2,1-3H3/t8-/m1/s1. The van der Waals surface area contributed by atoms with E-state index in [1.165, 1.54) is 4.90 Å². The zero-order chi connectivity index (χ0) is 13.0. The van der Waals surface area contributed by atoms with E-state index in [0.717, 1.165) is 0 Å². The Morgan fingerprint density at radius 2 is 2.18 bits per heavy atom. The maximum absolute atomic E-state index is 11.3. The molecule has 0 heterocycles. The van der Waals surface area contributed by atoms with Gasteiger partial charge in [0.15, 0.2) is 6.61 Å². The third-order valence-electron chi connectivity index (χ3n) is 2.29.